The zero-order chi connectivity index (χ0) is 42.3. The van der Waals surface area contributed by atoms with Gasteiger partial charge < -0.3 is 83.5 Å². The lowest BCUT2D eigenvalue weighted by atomic mass is 9.96. The molecule has 2 bridgehead atoms. The summed E-state index contributed by atoms with van der Waals surface area (Å²) in [5, 5.41) is 87.6. The normalized spacial score (nSPS) is 48.2. The number of aliphatic hydroxyl groups excluding tert-OH is 8. The fourth-order valence-electron chi connectivity index (χ4n) is 8.36. The zero-order valence-electron chi connectivity index (χ0n) is 34.5. The fraction of sp³-hybridized carbons (Fsp3) is 0.975. The molecule has 21 atom stereocenters. The molecule has 58 heavy (non-hydrogen) atoms. The summed E-state index contributed by atoms with van der Waals surface area (Å²) < 4.78 is 54.8. The molecular weight excluding hydrogens is 768 g/mol. The van der Waals surface area contributed by atoms with Crippen molar-refractivity contribution in [3.05, 3.63) is 0 Å². The number of rotatable bonds is 8. The van der Waals surface area contributed by atoms with Crippen molar-refractivity contribution < 1.29 is 88.3 Å². The van der Waals surface area contributed by atoms with E-state index in [0.29, 0.717) is 6.42 Å². The molecule has 5 aliphatic rings. The first-order valence-corrected chi connectivity index (χ1v) is 21.5. The van der Waals surface area contributed by atoms with Gasteiger partial charge in [-0.1, -0.05) is 64.7 Å². The van der Waals surface area contributed by atoms with E-state index in [1.165, 1.54) is 20.8 Å². The van der Waals surface area contributed by atoms with Crippen molar-refractivity contribution in [2.45, 2.75) is 247 Å². The van der Waals surface area contributed by atoms with Gasteiger partial charge in [0.2, 0.25) is 0 Å². The number of fused-ring (bicyclic) bond motifs is 3. The molecule has 8 N–H and O–H groups in total. The van der Waals surface area contributed by atoms with E-state index in [1.54, 1.807) is 6.92 Å². The Morgan fingerprint density at radius 1 is 0.517 bits per heavy atom. The molecule has 0 radical (unpaired) electrons. The van der Waals surface area contributed by atoms with Crippen molar-refractivity contribution in [1.29, 1.82) is 0 Å². The number of carbonyl (C=O) groups is 1. The predicted octanol–water partition coefficient (Wildman–Crippen LogP) is 0.410. The maximum absolute atomic E-state index is 13.3. The smallest absolute Gasteiger partial charge is 0.306 e. The van der Waals surface area contributed by atoms with Crippen molar-refractivity contribution in [1.82, 2.24) is 0 Å². The number of esters is 1. The summed E-state index contributed by atoms with van der Waals surface area (Å²) >= 11 is 0. The molecule has 0 aliphatic carbocycles. The van der Waals surface area contributed by atoms with Gasteiger partial charge in [-0.15, -0.1) is 0 Å². The number of aliphatic hydroxyl groups is 8. The molecule has 5 aliphatic heterocycles. The molecular formula is C40H70O18. The molecule has 0 aromatic heterocycles. The molecule has 0 amide bonds. The highest BCUT2D eigenvalue weighted by Gasteiger charge is 2.55. The molecule has 338 valence electrons. The van der Waals surface area contributed by atoms with Crippen molar-refractivity contribution in [3.8, 4) is 0 Å². The summed E-state index contributed by atoms with van der Waals surface area (Å²) in [5.74, 6) is -0.621. The quantitative estimate of drug-likeness (QED) is 0.122. The lowest BCUT2D eigenvalue weighted by Gasteiger charge is -2.49. The monoisotopic (exact) mass is 838 g/mol. The minimum absolute atomic E-state index is 0.0576. The van der Waals surface area contributed by atoms with Crippen LogP contribution in [0.2, 0.25) is 0 Å². The molecule has 0 aromatic carbocycles. The van der Waals surface area contributed by atoms with Gasteiger partial charge in [-0.2, -0.15) is 0 Å². The van der Waals surface area contributed by atoms with Crippen LogP contribution < -0.4 is 0 Å². The van der Waals surface area contributed by atoms with E-state index in [0.717, 1.165) is 70.6 Å². The van der Waals surface area contributed by atoms with Crippen LogP contribution in [0.3, 0.4) is 0 Å². The molecule has 0 unspecified atom stereocenters. The maximum Gasteiger partial charge on any atom is 0.306 e. The number of unbranched alkanes of at least 4 members (excludes halogenated alkanes) is 2. The molecule has 5 fully saturated rings. The van der Waals surface area contributed by atoms with Crippen LogP contribution in [0.15, 0.2) is 0 Å². The Balaban J connectivity index is 1.42. The first-order chi connectivity index (χ1) is 27.6. The van der Waals surface area contributed by atoms with E-state index >= 15 is 0 Å². The third kappa shape index (κ3) is 11.8. The van der Waals surface area contributed by atoms with Gasteiger partial charge in [0.15, 0.2) is 37.4 Å². The average molecular weight is 839 g/mol. The van der Waals surface area contributed by atoms with Gasteiger partial charge in [-0.05, 0) is 47.0 Å². The van der Waals surface area contributed by atoms with Crippen molar-refractivity contribution in [2.75, 3.05) is 0 Å². The van der Waals surface area contributed by atoms with Crippen LogP contribution in [0, 0.1) is 0 Å². The molecule has 0 aromatic rings. The minimum Gasteiger partial charge on any atom is -0.456 e. The van der Waals surface area contributed by atoms with E-state index in [9.17, 15) is 45.6 Å². The second kappa shape index (κ2) is 22.3. The Hall–Kier alpha value is -1.17. The highest BCUT2D eigenvalue weighted by molar-refractivity contribution is 5.69. The van der Waals surface area contributed by atoms with Crippen molar-refractivity contribution in [2.24, 2.45) is 0 Å². The van der Waals surface area contributed by atoms with Gasteiger partial charge >= 0.3 is 5.97 Å². The van der Waals surface area contributed by atoms with Crippen LogP contribution in [-0.2, 0) is 47.4 Å². The third-order valence-electron chi connectivity index (χ3n) is 12.1. The van der Waals surface area contributed by atoms with Crippen LogP contribution in [0.25, 0.3) is 0 Å². The standard InChI is InChI=1S/C40H70O18/c1-6-7-13-16-23-17-14-11-9-8-10-12-15-18-24(41)55-34-27(44)21(4)52-40(57-35-29(46)26(43)20(3)51-39(35)54-23)36(34)58-38-32(49)30(47)33(22(5)53-38)56-37-31(48)28(45)25(42)19(2)50-37/h19-23,25-40,42-49H,6-18H2,1-5H3/t19-,20-,21-,22+,23-,25-,26-,27-,28+,29+,30+,31-,32-,33+,34+,35-,36-,37+,38+,39+,40+/m1/s1. The van der Waals surface area contributed by atoms with E-state index in [-0.39, 0.29) is 12.5 Å². The summed E-state index contributed by atoms with van der Waals surface area (Å²) in [6.07, 6.45) is -17.7. The summed E-state index contributed by atoms with van der Waals surface area (Å²) in [4.78, 5) is 13.3. The zero-order valence-corrected chi connectivity index (χ0v) is 34.5. The van der Waals surface area contributed by atoms with Crippen molar-refractivity contribution >= 4 is 5.97 Å². The number of hydrogen-bond acceptors (Lipinski definition) is 18. The maximum atomic E-state index is 13.3. The van der Waals surface area contributed by atoms with Crippen molar-refractivity contribution in [3.63, 3.8) is 0 Å². The summed E-state index contributed by atoms with van der Waals surface area (Å²) in [5.41, 5.74) is 0. The van der Waals surface area contributed by atoms with Gasteiger partial charge in [0.1, 0.15) is 61.0 Å². The molecule has 0 saturated carbocycles. The number of ether oxygens (including phenoxy) is 9. The van der Waals surface area contributed by atoms with Gasteiger partial charge in [-0.3, -0.25) is 4.79 Å². The van der Waals surface area contributed by atoms with Crippen LogP contribution >= 0.6 is 0 Å². The average Bonchev–Trinajstić information content (AvgIpc) is 3.19. The van der Waals surface area contributed by atoms with Crippen LogP contribution in [-0.4, -0.2) is 176 Å². The number of hydrogen-bond donors (Lipinski definition) is 8. The van der Waals surface area contributed by atoms with E-state index in [4.69, 9.17) is 42.6 Å². The Bertz CT molecular complexity index is 1230. The third-order valence-corrected chi connectivity index (χ3v) is 12.1. The van der Waals surface area contributed by atoms with Crippen LogP contribution in [0.1, 0.15) is 118 Å². The molecule has 5 saturated heterocycles. The lowest BCUT2D eigenvalue weighted by molar-refractivity contribution is -0.397. The van der Waals surface area contributed by atoms with Gasteiger partial charge in [-0.25, -0.2) is 0 Å². The second-order valence-corrected chi connectivity index (χ2v) is 16.8. The predicted molar refractivity (Wildman–Crippen MR) is 200 cm³/mol. The SMILES string of the molecule is CCCCC[C@@H]1CCCCCCCCCC(=O)O[C@H]2[C@H](O)[C@@H](C)O[C@@H](O[C@H]3[C@H](O1)O[C@H](C)[C@@H](O)[C@@H]3O)[C@@H]2O[C@@H]1O[C@@H](C)[C@H](O[C@@H]2O[C@H](C)[C@@H](O)[C@H](O)[C@H]2O)[C@@H](O)[C@H]1O. The van der Waals surface area contributed by atoms with E-state index in [2.05, 4.69) is 6.92 Å². The van der Waals surface area contributed by atoms with Gasteiger partial charge in [0, 0.05) is 6.42 Å². The topological polar surface area (TPSA) is 262 Å². The summed E-state index contributed by atoms with van der Waals surface area (Å²) in [6.45, 7) is 8.23. The first kappa shape index (κ1) is 47.9. The Labute approximate surface area is 340 Å². The lowest BCUT2D eigenvalue weighted by Crippen LogP contribution is -2.67. The molecule has 18 heteroatoms. The highest BCUT2D eigenvalue weighted by atomic mass is 16.8. The molecule has 5 rings (SSSR count). The highest BCUT2D eigenvalue weighted by Crippen LogP contribution is 2.36. The van der Waals surface area contributed by atoms with E-state index in [1.807, 2.05) is 0 Å². The number of carbonyl (C=O) groups excluding carboxylic acids is 1. The Kier molecular flexibility index (Phi) is 18.4. The second-order valence-electron chi connectivity index (χ2n) is 16.8. The molecule has 0 spiro atoms. The summed E-state index contributed by atoms with van der Waals surface area (Å²) in [7, 11) is 0. The Morgan fingerprint density at radius 3 is 1.76 bits per heavy atom. The van der Waals surface area contributed by atoms with Crippen LogP contribution in [0.4, 0.5) is 0 Å². The molecule has 5 heterocycles. The van der Waals surface area contributed by atoms with Gasteiger partial charge in [0.05, 0.1) is 30.5 Å². The summed E-state index contributed by atoms with van der Waals surface area (Å²) in [6, 6.07) is 0. The Morgan fingerprint density at radius 2 is 1.07 bits per heavy atom. The molecule has 18 nitrogen and oxygen atoms in total. The fourth-order valence-corrected chi connectivity index (χ4v) is 8.36. The van der Waals surface area contributed by atoms with E-state index < -0.39 is 129 Å². The minimum atomic E-state index is -1.86. The van der Waals surface area contributed by atoms with Gasteiger partial charge in [0.25, 0.3) is 0 Å². The first-order valence-electron chi connectivity index (χ1n) is 21.5. The largest absolute Gasteiger partial charge is 0.456 e. The van der Waals surface area contributed by atoms with Crippen LogP contribution in [0.5, 0.6) is 0 Å².